The van der Waals surface area contributed by atoms with E-state index in [-0.39, 0.29) is 0 Å². The lowest BCUT2D eigenvalue weighted by Crippen LogP contribution is -2.50. The van der Waals surface area contributed by atoms with Crippen molar-refractivity contribution in [3.8, 4) is 0 Å². The molecular weight excluding hydrogens is 172 g/mol. The number of hydrogen-bond acceptors (Lipinski definition) is 2. The third-order valence-corrected chi connectivity index (χ3v) is 2.98. The van der Waals surface area contributed by atoms with Crippen LogP contribution in [0.5, 0.6) is 0 Å². The van der Waals surface area contributed by atoms with Crippen LogP contribution >= 0.6 is 12.2 Å². The predicted octanol–water partition coefficient (Wildman–Crippen LogP) is 0.600. The maximum Gasteiger partial charge on any atom is 0.168 e. The van der Waals surface area contributed by atoms with Gasteiger partial charge in [-0.1, -0.05) is 0 Å². The molecule has 1 aliphatic carbocycles. The molecule has 3 nitrogen and oxygen atoms in total. The average Bonchev–Trinajstić information content (AvgIpc) is 2.01. The summed E-state index contributed by atoms with van der Waals surface area (Å²) in [5.41, 5.74) is 0. The van der Waals surface area contributed by atoms with Crippen LogP contribution in [0.4, 0.5) is 0 Å². The molecule has 0 aliphatic heterocycles. The van der Waals surface area contributed by atoms with Crippen LogP contribution in [-0.4, -0.2) is 43.4 Å². The van der Waals surface area contributed by atoms with E-state index in [2.05, 4.69) is 10.2 Å². The van der Waals surface area contributed by atoms with Gasteiger partial charge in [-0.25, -0.2) is 0 Å². The molecule has 1 N–H and O–H groups in total. The monoisotopic (exact) mass is 188 g/mol. The van der Waals surface area contributed by atoms with Gasteiger partial charge < -0.3 is 15.0 Å². The fourth-order valence-electron chi connectivity index (χ4n) is 1.39. The third-order valence-electron chi connectivity index (χ3n) is 2.49. The van der Waals surface area contributed by atoms with E-state index in [1.54, 1.807) is 7.11 Å². The normalized spacial score (nSPS) is 27.6. The molecule has 70 valence electrons. The van der Waals surface area contributed by atoms with E-state index in [0.29, 0.717) is 12.1 Å². The lowest BCUT2D eigenvalue weighted by atomic mass is 9.88. The van der Waals surface area contributed by atoms with Crippen LogP contribution in [-0.2, 0) is 4.74 Å². The molecule has 0 saturated heterocycles. The molecular formula is C8H16N2OS. The molecule has 1 fully saturated rings. The molecule has 0 aromatic heterocycles. The maximum absolute atomic E-state index is 5.19. The Morgan fingerprint density at radius 1 is 1.58 bits per heavy atom. The van der Waals surface area contributed by atoms with Crippen LogP contribution in [0.15, 0.2) is 0 Å². The zero-order valence-electron chi connectivity index (χ0n) is 7.83. The first-order valence-corrected chi connectivity index (χ1v) is 4.57. The van der Waals surface area contributed by atoms with E-state index >= 15 is 0 Å². The Bertz CT molecular complexity index is 168. The molecule has 1 aliphatic rings. The maximum atomic E-state index is 5.19. The molecule has 12 heavy (non-hydrogen) atoms. The summed E-state index contributed by atoms with van der Waals surface area (Å²) in [5, 5.41) is 3.78. The van der Waals surface area contributed by atoms with Gasteiger partial charge in [0.15, 0.2) is 5.11 Å². The van der Waals surface area contributed by atoms with Crippen molar-refractivity contribution in [2.45, 2.75) is 25.0 Å². The summed E-state index contributed by atoms with van der Waals surface area (Å²) in [6.07, 6.45) is 2.63. The molecule has 0 aromatic carbocycles. The van der Waals surface area contributed by atoms with Crippen molar-refractivity contribution >= 4 is 17.3 Å². The van der Waals surface area contributed by atoms with Crippen molar-refractivity contribution in [1.82, 2.24) is 10.2 Å². The van der Waals surface area contributed by atoms with Gasteiger partial charge in [0.2, 0.25) is 0 Å². The summed E-state index contributed by atoms with van der Waals surface area (Å²) >= 11 is 5.10. The van der Waals surface area contributed by atoms with E-state index in [9.17, 15) is 0 Å². The van der Waals surface area contributed by atoms with Crippen molar-refractivity contribution in [3.05, 3.63) is 0 Å². The second-order valence-corrected chi connectivity index (χ2v) is 3.54. The highest BCUT2D eigenvalue weighted by atomic mass is 32.1. The van der Waals surface area contributed by atoms with E-state index in [1.165, 1.54) is 0 Å². The minimum Gasteiger partial charge on any atom is -0.381 e. The average molecular weight is 188 g/mol. The number of thiocarbonyl (C=S) groups is 1. The van der Waals surface area contributed by atoms with Gasteiger partial charge in [-0.2, -0.15) is 0 Å². The Morgan fingerprint density at radius 3 is 2.58 bits per heavy atom. The lowest BCUT2D eigenvalue weighted by Gasteiger charge is -2.41. The van der Waals surface area contributed by atoms with Gasteiger partial charge in [0.25, 0.3) is 0 Å². The number of nitrogens with zero attached hydrogens (tertiary/aromatic N) is 1. The fraction of sp³-hybridized carbons (Fsp3) is 0.875. The van der Waals surface area contributed by atoms with Crippen LogP contribution in [0.3, 0.4) is 0 Å². The summed E-state index contributed by atoms with van der Waals surface area (Å²) < 4.78 is 5.19. The van der Waals surface area contributed by atoms with Crippen LogP contribution in [0.1, 0.15) is 12.8 Å². The molecule has 0 amide bonds. The summed E-state index contributed by atoms with van der Waals surface area (Å²) in [4.78, 5) is 2.10. The SMILES string of the molecule is CNC(=S)N(C)C1CC(OC)C1. The second-order valence-electron chi connectivity index (χ2n) is 3.15. The molecule has 0 unspecified atom stereocenters. The molecule has 0 bridgehead atoms. The Kier molecular flexibility index (Phi) is 3.29. The minimum atomic E-state index is 0.442. The molecule has 1 rings (SSSR count). The van der Waals surface area contributed by atoms with E-state index < -0.39 is 0 Å². The highest BCUT2D eigenvalue weighted by Crippen LogP contribution is 2.26. The number of ether oxygens (including phenoxy) is 1. The van der Waals surface area contributed by atoms with Gasteiger partial charge >= 0.3 is 0 Å². The van der Waals surface area contributed by atoms with E-state index in [0.717, 1.165) is 18.0 Å². The van der Waals surface area contributed by atoms with Gasteiger partial charge in [-0.3, -0.25) is 0 Å². The van der Waals surface area contributed by atoms with Crippen LogP contribution in [0, 0.1) is 0 Å². The highest BCUT2D eigenvalue weighted by Gasteiger charge is 2.32. The summed E-state index contributed by atoms with van der Waals surface area (Å²) in [5.74, 6) is 0. The van der Waals surface area contributed by atoms with Crippen LogP contribution in [0.2, 0.25) is 0 Å². The van der Waals surface area contributed by atoms with Gasteiger partial charge in [0.1, 0.15) is 0 Å². The van der Waals surface area contributed by atoms with Gasteiger partial charge in [-0.15, -0.1) is 0 Å². The second kappa shape index (κ2) is 4.05. The fourth-order valence-corrected chi connectivity index (χ4v) is 1.54. The van der Waals surface area contributed by atoms with Crippen molar-refractivity contribution in [2.24, 2.45) is 0 Å². The van der Waals surface area contributed by atoms with Gasteiger partial charge in [0, 0.05) is 27.2 Å². The van der Waals surface area contributed by atoms with Gasteiger partial charge in [0.05, 0.1) is 6.10 Å². The summed E-state index contributed by atoms with van der Waals surface area (Å²) in [6, 6.07) is 0.565. The Balaban J connectivity index is 2.27. The van der Waals surface area contributed by atoms with E-state index in [1.807, 2.05) is 14.1 Å². The third kappa shape index (κ3) is 1.87. The van der Waals surface area contributed by atoms with Crippen molar-refractivity contribution in [1.29, 1.82) is 0 Å². The number of hydrogen-bond donors (Lipinski definition) is 1. The first kappa shape index (κ1) is 9.74. The largest absolute Gasteiger partial charge is 0.381 e. The van der Waals surface area contributed by atoms with Crippen LogP contribution < -0.4 is 5.32 Å². The molecule has 0 heterocycles. The molecule has 0 spiro atoms. The zero-order valence-corrected chi connectivity index (χ0v) is 8.65. The van der Waals surface area contributed by atoms with Gasteiger partial charge in [-0.05, 0) is 25.1 Å². The van der Waals surface area contributed by atoms with Crippen molar-refractivity contribution in [3.63, 3.8) is 0 Å². The zero-order chi connectivity index (χ0) is 9.14. The Hall–Kier alpha value is -0.350. The minimum absolute atomic E-state index is 0.442. The van der Waals surface area contributed by atoms with Crippen LogP contribution in [0.25, 0.3) is 0 Å². The summed E-state index contributed by atoms with van der Waals surface area (Å²) in [6.45, 7) is 0. The quantitative estimate of drug-likeness (QED) is 0.641. The lowest BCUT2D eigenvalue weighted by molar-refractivity contribution is -0.00253. The topological polar surface area (TPSA) is 24.5 Å². The molecule has 4 heteroatoms. The van der Waals surface area contributed by atoms with Crippen molar-refractivity contribution < 1.29 is 4.74 Å². The molecule has 0 atom stereocenters. The standard InChI is InChI=1S/C8H16N2OS/c1-9-8(12)10(2)6-4-7(5-6)11-3/h6-7H,4-5H2,1-3H3,(H,9,12). The molecule has 0 radical (unpaired) electrons. The van der Waals surface area contributed by atoms with E-state index in [4.69, 9.17) is 17.0 Å². The Labute approximate surface area is 79.1 Å². The number of rotatable bonds is 2. The van der Waals surface area contributed by atoms with Crippen molar-refractivity contribution in [2.75, 3.05) is 21.2 Å². The number of methoxy groups -OCH3 is 1. The highest BCUT2D eigenvalue weighted by molar-refractivity contribution is 7.80. The molecule has 0 aromatic rings. The number of nitrogens with one attached hydrogen (secondary N) is 1. The summed E-state index contributed by atoms with van der Waals surface area (Å²) in [7, 11) is 5.64. The smallest absolute Gasteiger partial charge is 0.168 e. The predicted molar refractivity (Wildman–Crippen MR) is 53.2 cm³/mol. The molecule has 1 saturated carbocycles. The Morgan fingerprint density at radius 2 is 2.17 bits per heavy atom. The first-order valence-electron chi connectivity index (χ1n) is 4.16. The first-order chi connectivity index (χ1) is 5.69.